The molecule has 0 heterocycles. The molecule has 0 aliphatic carbocycles. The molecule has 1 rings (SSSR count). The quantitative estimate of drug-likeness (QED) is 0.811. The van der Waals surface area contributed by atoms with Crippen LogP contribution in [-0.2, 0) is 10.2 Å². The number of carboxylic acid groups (broad SMARTS) is 1. The summed E-state index contributed by atoms with van der Waals surface area (Å²) in [5, 5.41) is 9.62. The van der Waals surface area contributed by atoms with E-state index >= 15 is 0 Å². The first-order valence-electron chi connectivity index (χ1n) is 6.35. The lowest BCUT2D eigenvalue weighted by molar-refractivity contribution is -0.144. The Bertz CT molecular complexity index is 358. The summed E-state index contributed by atoms with van der Waals surface area (Å²) in [5.74, 6) is -0.280. The van der Waals surface area contributed by atoms with Crippen molar-refractivity contribution >= 4 is 5.97 Å². The van der Waals surface area contributed by atoms with E-state index in [1.165, 1.54) is 0 Å². The summed E-state index contributed by atoms with van der Waals surface area (Å²) < 4.78 is 0. The van der Waals surface area contributed by atoms with Crippen LogP contribution in [-0.4, -0.2) is 11.1 Å². The van der Waals surface area contributed by atoms with Crippen molar-refractivity contribution in [3.8, 4) is 0 Å². The molecule has 0 aliphatic rings. The molecule has 1 N–H and O–H groups in total. The van der Waals surface area contributed by atoms with Gasteiger partial charge in [0.1, 0.15) is 0 Å². The molecule has 2 unspecified atom stereocenters. The lowest BCUT2D eigenvalue weighted by atomic mass is 9.72. The minimum atomic E-state index is -0.726. The molecule has 0 spiro atoms. The third-order valence-corrected chi connectivity index (χ3v) is 3.73. The highest BCUT2D eigenvalue weighted by Gasteiger charge is 2.39. The molecular weight excluding hydrogens is 212 g/mol. The summed E-state index contributed by atoms with van der Waals surface area (Å²) in [6, 6.07) is 9.62. The fraction of sp³-hybridized carbons (Fsp3) is 0.533. The lowest BCUT2D eigenvalue weighted by Gasteiger charge is -2.31. The standard InChI is InChI=1S/C15H22O2/c1-4-12(3)11-15(5-2,14(16)17)13-9-7-6-8-10-13/h6-10,12H,4-5,11H2,1-3H3,(H,16,17). The SMILES string of the molecule is CCC(C)CC(CC)(C(=O)O)c1ccccc1. The predicted molar refractivity (Wildman–Crippen MR) is 70.1 cm³/mol. The van der Waals surface area contributed by atoms with Gasteiger partial charge in [-0.1, -0.05) is 57.5 Å². The van der Waals surface area contributed by atoms with Crippen molar-refractivity contribution in [3.63, 3.8) is 0 Å². The molecule has 1 aromatic rings. The average molecular weight is 234 g/mol. The Hall–Kier alpha value is -1.31. The summed E-state index contributed by atoms with van der Waals surface area (Å²) >= 11 is 0. The summed E-state index contributed by atoms with van der Waals surface area (Å²) in [4.78, 5) is 11.7. The Morgan fingerprint density at radius 3 is 2.29 bits per heavy atom. The molecule has 17 heavy (non-hydrogen) atoms. The molecule has 1 aromatic carbocycles. The van der Waals surface area contributed by atoms with Crippen molar-refractivity contribution in [3.05, 3.63) is 35.9 Å². The van der Waals surface area contributed by atoms with Crippen molar-refractivity contribution in [2.75, 3.05) is 0 Å². The molecule has 0 aromatic heterocycles. The normalized spacial score (nSPS) is 16.2. The fourth-order valence-electron chi connectivity index (χ4n) is 2.32. The number of aliphatic carboxylic acids is 1. The van der Waals surface area contributed by atoms with E-state index in [9.17, 15) is 9.90 Å². The molecule has 0 radical (unpaired) electrons. The molecule has 2 nitrogen and oxygen atoms in total. The zero-order valence-corrected chi connectivity index (χ0v) is 10.9. The Labute approximate surface area is 104 Å². The van der Waals surface area contributed by atoms with Gasteiger partial charge in [0.05, 0.1) is 5.41 Å². The van der Waals surface area contributed by atoms with E-state index < -0.39 is 11.4 Å². The summed E-state index contributed by atoms with van der Waals surface area (Å²) in [6.07, 6.45) is 2.36. The summed E-state index contributed by atoms with van der Waals surface area (Å²) in [5.41, 5.74) is 0.201. The van der Waals surface area contributed by atoms with Crippen LogP contribution in [0, 0.1) is 5.92 Å². The highest BCUT2D eigenvalue weighted by Crippen LogP contribution is 2.35. The zero-order chi connectivity index (χ0) is 12.9. The topological polar surface area (TPSA) is 37.3 Å². The van der Waals surface area contributed by atoms with E-state index in [-0.39, 0.29) is 0 Å². The van der Waals surface area contributed by atoms with Gasteiger partial charge >= 0.3 is 5.97 Å². The Morgan fingerprint density at radius 1 is 1.29 bits per heavy atom. The molecule has 0 saturated carbocycles. The monoisotopic (exact) mass is 234 g/mol. The predicted octanol–water partition coefficient (Wildman–Crippen LogP) is 3.86. The van der Waals surface area contributed by atoms with E-state index in [0.29, 0.717) is 18.8 Å². The van der Waals surface area contributed by atoms with Gasteiger partial charge in [0, 0.05) is 0 Å². The van der Waals surface area contributed by atoms with Gasteiger partial charge in [0.25, 0.3) is 0 Å². The fourth-order valence-corrected chi connectivity index (χ4v) is 2.32. The van der Waals surface area contributed by atoms with Crippen molar-refractivity contribution < 1.29 is 9.90 Å². The smallest absolute Gasteiger partial charge is 0.314 e. The lowest BCUT2D eigenvalue weighted by Crippen LogP contribution is -2.36. The Morgan fingerprint density at radius 2 is 1.88 bits per heavy atom. The third-order valence-electron chi connectivity index (χ3n) is 3.73. The van der Waals surface area contributed by atoms with Crippen molar-refractivity contribution in [1.82, 2.24) is 0 Å². The van der Waals surface area contributed by atoms with Crippen LogP contribution in [0.3, 0.4) is 0 Å². The maximum Gasteiger partial charge on any atom is 0.314 e. The Kier molecular flexibility index (Phi) is 4.73. The average Bonchev–Trinajstić information content (AvgIpc) is 2.36. The highest BCUT2D eigenvalue weighted by atomic mass is 16.4. The molecule has 0 aliphatic heterocycles. The largest absolute Gasteiger partial charge is 0.481 e. The van der Waals surface area contributed by atoms with E-state index in [1.807, 2.05) is 37.3 Å². The molecule has 94 valence electrons. The minimum Gasteiger partial charge on any atom is -0.481 e. The van der Waals surface area contributed by atoms with Gasteiger partial charge in [-0.05, 0) is 24.3 Å². The van der Waals surface area contributed by atoms with Crippen LogP contribution in [0.1, 0.15) is 45.6 Å². The molecule has 2 heteroatoms. The van der Waals surface area contributed by atoms with E-state index in [0.717, 1.165) is 12.0 Å². The molecule has 0 amide bonds. The van der Waals surface area contributed by atoms with Gasteiger partial charge in [0.2, 0.25) is 0 Å². The summed E-state index contributed by atoms with van der Waals surface area (Å²) in [6.45, 7) is 6.19. The second-order valence-electron chi connectivity index (χ2n) is 4.82. The second kappa shape index (κ2) is 5.85. The van der Waals surface area contributed by atoms with E-state index in [4.69, 9.17) is 0 Å². The van der Waals surface area contributed by atoms with Gasteiger partial charge < -0.3 is 5.11 Å². The van der Waals surface area contributed by atoms with Crippen LogP contribution in [0.5, 0.6) is 0 Å². The number of hydrogen-bond donors (Lipinski definition) is 1. The number of benzene rings is 1. The van der Waals surface area contributed by atoms with Crippen LogP contribution in [0.2, 0.25) is 0 Å². The molecule has 0 fully saturated rings. The van der Waals surface area contributed by atoms with Crippen LogP contribution in [0.15, 0.2) is 30.3 Å². The van der Waals surface area contributed by atoms with E-state index in [1.54, 1.807) is 0 Å². The third kappa shape index (κ3) is 2.87. The minimum absolute atomic E-state index is 0.422. The molecule has 2 atom stereocenters. The maximum absolute atomic E-state index is 11.7. The first kappa shape index (κ1) is 13.8. The maximum atomic E-state index is 11.7. The number of carboxylic acids is 1. The zero-order valence-electron chi connectivity index (χ0n) is 10.9. The van der Waals surface area contributed by atoms with Crippen molar-refractivity contribution in [2.45, 2.75) is 45.4 Å². The van der Waals surface area contributed by atoms with E-state index in [2.05, 4.69) is 13.8 Å². The van der Waals surface area contributed by atoms with Crippen molar-refractivity contribution in [2.24, 2.45) is 5.92 Å². The summed E-state index contributed by atoms with van der Waals surface area (Å²) in [7, 11) is 0. The van der Waals surface area contributed by atoms with Gasteiger partial charge in [-0.25, -0.2) is 0 Å². The van der Waals surface area contributed by atoms with Gasteiger partial charge in [-0.3, -0.25) is 4.79 Å². The van der Waals surface area contributed by atoms with Gasteiger partial charge in [-0.2, -0.15) is 0 Å². The van der Waals surface area contributed by atoms with Gasteiger partial charge in [0.15, 0.2) is 0 Å². The number of rotatable bonds is 6. The highest BCUT2D eigenvalue weighted by molar-refractivity contribution is 5.81. The van der Waals surface area contributed by atoms with Gasteiger partial charge in [-0.15, -0.1) is 0 Å². The number of carbonyl (C=O) groups is 1. The molecule has 0 saturated heterocycles. The first-order chi connectivity index (χ1) is 8.06. The first-order valence-corrected chi connectivity index (χ1v) is 6.35. The second-order valence-corrected chi connectivity index (χ2v) is 4.82. The van der Waals surface area contributed by atoms with Crippen molar-refractivity contribution in [1.29, 1.82) is 0 Å². The van der Waals surface area contributed by atoms with Crippen LogP contribution in [0.25, 0.3) is 0 Å². The van der Waals surface area contributed by atoms with Crippen LogP contribution in [0.4, 0.5) is 0 Å². The molecule has 0 bridgehead atoms. The Balaban J connectivity index is 3.14. The van der Waals surface area contributed by atoms with Crippen LogP contribution < -0.4 is 0 Å². The van der Waals surface area contributed by atoms with Crippen LogP contribution >= 0.6 is 0 Å². The molecular formula is C15H22O2. The number of hydrogen-bond acceptors (Lipinski definition) is 1.